The standard InChI is InChI=1S/C5H3Cl2NO.Na.H/c6-3-1-4(7)5(9)8-2-3;;/h1-2H,(H,8,9);;. The first-order valence-corrected chi connectivity index (χ1v) is 2.96. The summed E-state index contributed by atoms with van der Waals surface area (Å²) in [5, 5.41) is 9.33. The first-order valence-electron chi connectivity index (χ1n) is 2.20. The van der Waals surface area contributed by atoms with Gasteiger partial charge in [-0.2, -0.15) is 0 Å². The van der Waals surface area contributed by atoms with Crippen molar-refractivity contribution in [3.05, 3.63) is 22.3 Å². The molecular formula is C5H4Cl2NNaO. The Hall–Kier alpha value is 0.530. The number of rotatable bonds is 0. The summed E-state index contributed by atoms with van der Waals surface area (Å²) in [5.74, 6) is -0.193. The molecule has 1 aromatic heterocycles. The van der Waals surface area contributed by atoms with E-state index in [2.05, 4.69) is 4.98 Å². The number of nitrogens with zero attached hydrogens (tertiary/aromatic N) is 1. The van der Waals surface area contributed by atoms with Gasteiger partial charge in [-0.1, -0.05) is 23.2 Å². The minimum atomic E-state index is -0.193. The summed E-state index contributed by atoms with van der Waals surface area (Å²) in [6.45, 7) is 0. The van der Waals surface area contributed by atoms with Crippen LogP contribution in [-0.4, -0.2) is 39.6 Å². The monoisotopic (exact) mass is 187 g/mol. The van der Waals surface area contributed by atoms with E-state index in [9.17, 15) is 0 Å². The van der Waals surface area contributed by atoms with Crippen LogP contribution in [0.4, 0.5) is 0 Å². The molecule has 2 nitrogen and oxygen atoms in total. The van der Waals surface area contributed by atoms with E-state index in [1.165, 1.54) is 12.3 Å². The topological polar surface area (TPSA) is 33.1 Å². The summed E-state index contributed by atoms with van der Waals surface area (Å²) in [4.78, 5) is 3.47. The fourth-order valence-corrected chi connectivity index (χ4v) is 0.787. The van der Waals surface area contributed by atoms with E-state index in [1.54, 1.807) is 0 Å². The van der Waals surface area contributed by atoms with E-state index in [0.717, 1.165) is 0 Å². The van der Waals surface area contributed by atoms with Gasteiger partial charge < -0.3 is 5.11 Å². The van der Waals surface area contributed by atoms with Crippen LogP contribution in [0.25, 0.3) is 0 Å². The van der Waals surface area contributed by atoms with Gasteiger partial charge in [0.2, 0.25) is 5.88 Å². The van der Waals surface area contributed by atoms with Crippen LogP contribution in [0.1, 0.15) is 0 Å². The average Bonchev–Trinajstić information content (AvgIpc) is 1.80. The Kier molecular flexibility index (Phi) is 4.65. The molecule has 0 saturated heterocycles. The van der Waals surface area contributed by atoms with Crippen molar-refractivity contribution in [3.8, 4) is 5.88 Å². The van der Waals surface area contributed by atoms with E-state index in [0.29, 0.717) is 5.02 Å². The third kappa shape index (κ3) is 2.64. The number of halogens is 2. The summed E-state index contributed by atoms with van der Waals surface area (Å²) in [6, 6.07) is 1.42. The van der Waals surface area contributed by atoms with Gasteiger partial charge in [0.25, 0.3) is 0 Å². The number of hydrogen-bond donors (Lipinski definition) is 1. The van der Waals surface area contributed by atoms with Crippen molar-refractivity contribution in [1.29, 1.82) is 0 Å². The molecule has 0 spiro atoms. The van der Waals surface area contributed by atoms with Crippen molar-refractivity contribution in [3.63, 3.8) is 0 Å². The summed E-state index contributed by atoms with van der Waals surface area (Å²) in [5.41, 5.74) is 0. The number of hydrogen-bond acceptors (Lipinski definition) is 2. The van der Waals surface area contributed by atoms with Gasteiger partial charge in [0.05, 0.1) is 5.02 Å². The van der Waals surface area contributed by atoms with Crippen LogP contribution in [0.5, 0.6) is 5.88 Å². The molecule has 0 bridgehead atoms. The van der Waals surface area contributed by atoms with Gasteiger partial charge in [-0.25, -0.2) is 4.98 Å². The van der Waals surface area contributed by atoms with Gasteiger partial charge in [-0.05, 0) is 6.07 Å². The van der Waals surface area contributed by atoms with Crippen molar-refractivity contribution in [2.75, 3.05) is 0 Å². The molecule has 1 aromatic rings. The Morgan fingerprint density at radius 2 is 2.00 bits per heavy atom. The molecule has 0 radical (unpaired) electrons. The van der Waals surface area contributed by atoms with Crippen molar-refractivity contribution in [2.24, 2.45) is 0 Å². The van der Waals surface area contributed by atoms with Crippen LogP contribution in [0.15, 0.2) is 12.3 Å². The zero-order valence-electron chi connectivity index (χ0n) is 4.31. The van der Waals surface area contributed by atoms with Crippen molar-refractivity contribution in [1.82, 2.24) is 4.98 Å². The third-order valence-corrected chi connectivity index (χ3v) is 1.27. The predicted octanol–water partition coefficient (Wildman–Crippen LogP) is 1.45. The molecule has 0 aliphatic carbocycles. The first-order chi connectivity index (χ1) is 4.20. The van der Waals surface area contributed by atoms with Gasteiger partial charge >= 0.3 is 29.6 Å². The Morgan fingerprint density at radius 1 is 1.40 bits per heavy atom. The van der Waals surface area contributed by atoms with Gasteiger partial charge in [0.1, 0.15) is 5.02 Å². The normalized spacial score (nSPS) is 8.60. The van der Waals surface area contributed by atoms with E-state index in [4.69, 9.17) is 28.3 Å². The second kappa shape index (κ2) is 4.42. The molecule has 0 saturated carbocycles. The Labute approximate surface area is 90.5 Å². The molecule has 0 amide bonds. The van der Waals surface area contributed by atoms with Crippen LogP contribution in [-0.2, 0) is 0 Å². The van der Waals surface area contributed by atoms with Gasteiger partial charge in [-0.3, -0.25) is 0 Å². The van der Waals surface area contributed by atoms with Gasteiger partial charge in [0.15, 0.2) is 0 Å². The molecule has 10 heavy (non-hydrogen) atoms. The molecule has 1 heterocycles. The second-order valence-electron chi connectivity index (χ2n) is 1.46. The molecule has 0 aliphatic heterocycles. The maximum absolute atomic E-state index is 8.74. The molecule has 0 atom stereocenters. The quantitative estimate of drug-likeness (QED) is 0.625. The molecular weight excluding hydrogens is 184 g/mol. The zero-order valence-corrected chi connectivity index (χ0v) is 5.82. The van der Waals surface area contributed by atoms with Crippen molar-refractivity contribution in [2.45, 2.75) is 0 Å². The minimum absolute atomic E-state index is 0. The molecule has 5 heteroatoms. The summed E-state index contributed by atoms with van der Waals surface area (Å²) in [6.07, 6.45) is 1.32. The molecule has 0 fully saturated rings. The maximum atomic E-state index is 8.74. The van der Waals surface area contributed by atoms with Crippen LogP contribution in [0.3, 0.4) is 0 Å². The second-order valence-corrected chi connectivity index (χ2v) is 2.30. The zero-order chi connectivity index (χ0) is 6.85. The predicted molar refractivity (Wildman–Crippen MR) is 43.1 cm³/mol. The van der Waals surface area contributed by atoms with Gasteiger partial charge in [-0.15, -0.1) is 0 Å². The first kappa shape index (κ1) is 10.5. The number of pyridine rings is 1. The Bertz CT molecular complexity index is 231. The summed E-state index contributed by atoms with van der Waals surface area (Å²) >= 11 is 10.9. The number of aromatic hydroxyl groups is 1. The molecule has 0 aliphatic rings. The van der Waals surface area contributed by atoms with E-state index in [1.807, 2.05) is 0 Å². The molecule has 50 valence electrons. The molecule has 1 N–H and O–H groups in total. The van der Waals surface area contributed by atoms with Crippen LogP contribution < -0.4 is 0 Å². The molecule has 1 rings (SSSR count). The van der Waals surface area contributed by atoms with Gasteiger partial charge in [0, 0.05) is 6.20 Å². The van der Waals surface area contributed by atoms with Crippen molar-refractivity contribution >= 4 is 52.8 Å². The summed E-state index contributed by atoms with van der Waals surface area (Å²) < 4.78 is 0. The summed E-state index contributed by atoms with van der Waals surface area (Å²) in [7, 11) is 0. The Morgan fingerprint density at radius 3 is 2.40 bits per heavy atom. The molecule has 0 unspecified atom stereocenters. The van der Waals surface area contributed by atoms with Crippen LogP contribution >= 0.6 is 23.2 Å². The van der Waals surface area contributed by atoms with Crippen LogP contribution in [0.2, 0.25) is 10.0 Å². The van der Waals surface area contributed by atoms with E-state index < -0.39 is 0 Å². The fourth-order valence-electron chi connectivity index (χ4n) is 0.407. The Balaban J connectivity index is 0.000000810. The molecule has 0 aromatic carbocycles. The van der Waals surface area contributed by atoms with E-state index >= 15 is 0 Å². The average molecular weight is 188 g/mol. The SMILES string of the molecule is Oc1ncc(Cl)cc1Cl.[NaH]. The van der Waals surface area contributed by atoms with Crippen LogP contribution in [0, 0.1) is 0 Å². The van der Waals surface area contributed by atoms with Crippen molar-refractivity contribution < 1.29 is 5.11 Å². The number of aromatic nitrogens is 1. The fraction of sp³-hybridized carbons (Fsp3) is 0. The third-order valence-electron chi connectivity index (χ3n) is 0.788. The van der Waals surface area contributed by atoms with E-state index in [-0.39, 0.29) is 40.5 Å².